The second-order valence-corrected chi connectivity index (χ2v) is 3.63. The van der Waals surface area contributed by atoms with Crippen LogP contribution in [0.3, 0.4) is 0 Å². The van der Waals surface area contributed by atoms with Gasteiger partial charge in [0.05, 0.1) is 6.04 Å². The third kappa shape index (κ3) is 3.72. The molecule has 3 nitrogen and oxygen atoms in total. The predicted octanol–water partition coefficient (Wildman–Crippen LogP) is 1.82. The van der Waals surface area contributed by atoms with Crippen LogP contribution in [0.15, 0.2) is 24.3 Å². The summed E-state index contributed by atoms with van der Waals surface area (Å²) in [5, 5.41) is 2.85. The first-order chi connectivity index (χ1) is 7.13. The molecule has 0 aliphatic carbocycles. The molecule has 1 N–H and O–H groups in total. The highest BCUT2D eigenvalue weighted by Gasteiger charge is 2.08. The number of rotatable bonds is 4. The molecule has 3 heteroatoms. The van der Waals surface area contributed by atoms with Crippen molar-refractivity contribution in [1.82, 2.24) is 5.32 Å². The van der Waals surface area contributed by atoms with Crippen molar-refractivity contribution in [3.05, 3.63) is 35.4 Å². The number of ether oxygens (including phenoxy) is 1. The van der Waals surface area contributed by atoms with E-state index in [9.17, 15) is 4.79 Å². The van der Waals surface area contributed by atoms with Crippen LogP contribution >= 0.6 is 0 Å². The van der Waals surface area contributed by atoms with Gasteiger partial charge in [0, 0.05) is 7.11 Å². The second-order valence-electron chi connectivity index (χ2n) is 3.63. The molecule has 0 aliphatic heterocycles. The molecule has 1 atom stereocenters. The fourth-order valence-corrected chi connectivity index (χ4v) is 1.35. The van der Waals surface area contributed by atoms with Crippen LogP contribution in [0.4, 0.5) is 0 Å². The molecule has 0 radical (unpaired) electrons. The first kappa shape index (κ1) is 11.7. The fraction of sp³-hybridized carbons (Fsp3) is 0.417. The maximum atomic E-state index is 11.3. The zero-order valence-electron chi connectivity index (χ0n) is 9.41. The lowest BCUT2D eigenvalue weighted by Crippen LogP contribution is -2.29. The summed E-state index contributed by atoms with van der Waals surface area (Å²) >= 11 is 0. The third-order valence-corrected chi connectivity index (χ3v) is 2.23. The first-order valence-electron chi connectivity index (χ1n) is 4.98. The van der Waals surface area contributed by atoms with Crippen LogP contribution in [0.25, 0.3) is 0 Å². The minimum absolute atomic E-state index is 0.0215. The van der Waals surface area contributed by atoms with Gasteiger partial charge in [-0.1, -0.05) is 29.8 Å². The Morgan fingerprint density at radius 3 is 2.53 bits per heavy atom. The van der Waals surface area contributed by atoms with Gasteiger partial charge >= 0.3 is 0 Å². The smallest absolute Gasteiger partial charge is 0.246 e. The van der Waals surface area contributed by atoms with E-state index in [1.165, 1.54) is 12.7 Å². The summed E-state index contributed by atoms with van der Waals surface area (Å²) in [5.74, 6) is -0.0921. The summed E-state index contributed by atoms with van der Waals surface area (Å²) in [4.78, 5) is 11.3. The van der Waals surface area contributed by atoms with Crippen LogP contribution in [0.2, 0.25) is 0 Å². The van der Waals surface area contributed by atoms with Gasteiger partial charge in [0.15, 0.2) is 0 Å². The minimum atomic E-state index is -0.0921. The van der Waals surface area contributed by atoms with Crippen molar-refractivity contribution in [1.29, 1.82) is 0 Å². The highest BCUT2D eigenvalue weighted by Crippen LogP contribution is 2.12. The number of carbonyl (C=O) groups is 1. The molecule has 0 fully saturated rings. The number of nitrogens with one attached hydrogen (secondary N) is 1. The molecule has 0 aromatic heterocycles. The van der Waals surface area contributed by atoms with Gasteiger partial charge in [0.2, 0.25) is 5.91 Å². The molecule has 0 saturated heterocycles. The molecule has 0 aliphatic rings. The van der Waals surface area contributed by atoms with E-state index in [1.807, 2.05) is 38.1 Å². The standard InChI is InChI=1S/C12H17NO2/c1-9-4-6-11(7-5-9)10(2)13-12(14)8-15-3/h4-7,10H,8H2,1-3H3,(H,13,14)/t10-/m0/s1. The highest BCUT2D eigenvalue weighted by atomic mass is 16.5. The Balaban J connectivity index is 2.57. The second kappa shape index (κ2) is 5.51. The van der Waals surface area contributed by atoms with Crippen LogP contribution in [-0.4, -0.2) is 19.6 Å². The van der Waals surface area contributed by atoms with Gasteiger partial charge in [-0.05, 0) is 19.4 Å². The van der Waals surface area contributed by atoms with Crippen molar-refractivity contribution in [2.24, 2.45) is 0 Å². The Bertz CT molecular complexity index is 319. The number of hydrogen-bond donors (Lipinski definition) is 1. The number of methoxy groups -OCH3 is 1. The summed E-state index contributed by atoms with van der Waals surface area (Å²) < 4.78 is 4.75. The summed E-state index contributed by atoms with van der Waals surface area (Å²) in [5.41, 5.74) is 2.32. The third-order valence-electron chi connectivity index (χ3n) is 2.23. The van der Waals surface area contributed by atoms with Gasteiger partial charge in [-0.3, -0.25) is 4.79 Å². The van der Waals surface area contributed by atoms with E-state index in [-0.39, 0.29) is 18.6 Å². The molecule has 0 bridgehead atoms. The molecule has 0 saturated carbocycles. The van der Waals surface area contributed by atoms with Crippen LogP contribution in [0.5, 0.6) is 0 Å². The molecule has 1 rings (SSSR count). The van der Waals surface area contributed by atoms with E-state index in [0.717, 1.165) is 5.56 Å². The van der Waals surface area contributed by atoms with Crippen LogP contribution in [0.1, 0.15) is 24.1 Å². The number of benzene rings is 1. The summed E-state index contributed by atoms with van der Waals surface area (Å²) in [6.07, 6.45) is 0. The lowest BCUT2D eigenvalue weighted by Gasteiger charge is -2.14. The van der Waals surface area contributed by atoms with Gasteiger partial charge < -0.3 is 10.1 Å². The maximum absolute atomic E-state index is 11.3. The number of amides is 1. The predicted molar refractivity (Wildman–Crippen MR) is 59.6 cm³/mol. The van der Waals surface area contributed by atoms with Gasteiger partial charge in [0.1, 0.15) is 6.61 Å². The van der Waals surface area contributed by atoms with E-state index >= 15 is 0 Å². The average Bonchev–Trinajstić information content (AvgIpc) is 2.18. The molecule has 0 spiro atoms. The van der Waals surface area contributed by atoms with Crippen molar-refractivity contribution in [3.8, 4) is 0 Å². The monoisotopic (exact) mass is 207 g/mol. The largest absolute Gasteiger partial charge is 0.375 e. The van der Waals surface area contributed by atoms with Crippen LogP contribution in [-0.2, 0) is 9.53 Å². The van der Waals surface area contributed by atoms with E-state index in [1.54, 1.807) is 0 Å². The molecule has 82 valence electrons. The van der Waals surface area contributed by atoms with Crippen molar-refractivity contribution in [2.75, 3.05) is 13.7 Å². The Morgan fingerprint density at radius 2 is 2.00 bits per heavy atom. The zero-order chi connectivity index (χ0) is 11.3. The topological polar surface area (TPSA) is 38.3 Å². The molecule has 15 heavy (non-hydrogen) atoms. The summed E-state index contributed by atoms with van der Waals surface area (Å²) in [7, 11) is 1.51. The molecule has 0 unspecified atom stereocenters. The Kier molecular flexibility index (Phi) is 4.31. The number of hydrogen-bond acceptors (Lipinski definition) is 2. The summed E-state index contributed by atoms with van der Waals surface area (Å²) in [6.45, 7) is 4.10. The molecule has 0 heterocycles. The van der Waals surface area contributed by atoms with Crippen molar-refractivity contribution >= 4 is 5.91 Å². The van der Waals surface area contributed by atoms with Crippen molar-refractivity contribution in [3.63, 3.8) is 0 Å². The van der Waals surface area contributed by atoms with Gasteiger partial charge in [-0.15, -0.1) is 0 Å². The first-order valence-corrected chi connectivity index (χ1v) is 4.98. The van der Waals surface area contributed by atoms with Crippen molar-refractivity contribution in [2.45, 2.75) is 19.9 Å². The number of carbonyl (C=O) groups excluding carboxylic acids is 1. The highest BCUT2D eigenvalue weighted by molar-refractivity contribution is 5.77. The normalized spacial score (nSPS) is 12.2. The maximum Gasteiger partial charge on any atom is 0.246 e. The lowest BCUT2D eigenvalue weighted by atomic mass is 10.1. The van der Waals surface area contributed by atoms with Crippen molar-refractivity contribution < 1.29 is 9.53 Å². The molecular formula is C12H17NO2. The minimum Gasteiger partial charge on any atom is -0.375 e. The van der Waals surface area contributed by atoms with Crippen LogP contribution in [0, 0.1) is 6.92 Å². The van der Waals surface area contributed by atoms with Gasteiger partial charge in [-0.2, -0.15) is 0 Å². The average molecular weight is 207 g/mol. The van der Waals surface area contributed by atoms with E-state index in [4.69, 9.17) is 4.74 Å². The van der Waals surface area contributed by atoms with Gasteiger partial charge in [0.25, 0.3) is 0 Å². The van der Waals surface area contributed by atoms with E-state index < -0.39 is 0 Å². The quantitative estimate of drug-likeness (QED) is 0.817. The molecular weight excluding hydrogens is 190 g/mol. The Labute approximate surface area is 90.4 Å². The van der Waals surface area contributed by atoms with E-state index in [0.29, 0.717) is 0 Å². The SMILES string of the molecule is COCC(=O)N[C@@H](C)c1ccc(C)cc1. The fourth-order valence-electron chi connectivity index (χ4n) is 1.35. The number of aryl methyl sites for hydroxylation is 1. The Morgan fingerprint density at radius 1 is 1.40 bits per heavy atom. The lowest BCUT2D eigenvalue weighted by molar-refractivity contribution is -0.125. The van der Waals surface area contributed by atoms with Gasteiger partial charge in [-0.25, -0.2) is 0 Å². The molecule has 1 amide bonds. The summed E-state index contributed by atoms with van der Waals surface area (Å²) in [6, 6.07) is 8.14. The Hall–Kier alpha value is -1.35. The zero-order valence-corrected chi connectivity index (χ0v) is 9.41. The molecule has 1 aromatic carbocycles. The molecule has 1 aromatic rings. The van der Waals surface area contributed by atoms with E-state index in [2.05, 4.69) is 5.32 Å². The van der Waals surface area contributed by atoms with Crippen LogP contribution < -0.4 is 5.32 Å².